The van der Waals surface area contributed by atoms with Crippen molar-refractivity contribution >= 4 is 6.09 Å². The highest BCUT2D eigenvalue weighted by Gasteiger charge is 2.25. The van der Waals surface area contributed by atoms with Crippen LogP contribution in [0.15, 0.2) is 0 Å². The number of nitrogens with zero attached hydrogens (tertiary/aromatic N) is 1. The van der Waals surface area contributed by atoms with E-state index in [1.165, 1.54) is 0 Å². The minimum Gasteiger partial charge on any atom is -0.465 e. The van der Waals surface area contributed by atoms with E-state index >= 15 is 0 Å². The van der Waals surface area contributed by atoms with E-state index in [2.05, 4.69) is 5.32 Å². The molecule has 0 aliphatic carbocycles. The fraction of sp³-hybridized carbons (Fsp3) is 0.833. The highest BCUT2D eigenvalue weighted by molar-refractivity contribution is 5.65. The first-order chi connectivity index (χ1) is 5.25. The first-order valence-corrected chi connectivity index (χ1v) is 3.52. The Labute approximate surface area is 64.0 Å². The van der Waals surface area contributed by atoms with Crippen molar-refractivity contribution in [1.82, 2.24) is 10.2 Å². The predicted molar refractivity (Wildman–Crippen MR) is 37.4 cm³/mol. The highest BCUT2D eigenvalue weighted by Crippen LogP contribution is 2.03. The number of halogens is 1. The van der Waals surface area contributed by atoms with Crippen LogP contribution in [0.4, 0.5) is 9.18 Å². The Kier molecular flexibility index (Phi) is 2.64. The third kappa shape index (κ3) is 1.80. The lowest BCUT2D eigenvalue weighted by molar-refractivity contribution is 0.102. The Morgan fingerprint density at radius 2 is 2.55 bits per heavy atom. The second-order valence-corrected chi connectivity index (χ2v) is 2.49. The van der Waals surface area contributed by atoms with Gasteiger partial charge in [0.1, 0.15) is 6.67 Å². The van der Waals surface area contributed by atoms with Crippen molar-refractivity contribution in [3.05, 3.63) is 0 Å². The topological polar surface area (TPSA) is 52.6 Å². The number of carbonyl (C=O) groups is 1. The summed E-state index contributed by atoms with van der Waals surface area (Å²) >= 11 is 0. The predicted octanol–water partition coefficient (Wildman–Crippen LogP) is -0.0923. The van der Waals surface area contributed by atoms with Gasteiger partial charge in [-0.2, -0.15) is 0 Å². The maximum absolute atomic E-state index is 12.1. The highest BCUT2D eigenvalue weighted by atomic mass is 19.1. The fourth-order valence-corrected chi connectivity index (χ4v) is 1.15. The molecule has 0 aromatic heterocycles. The Morgan fingerprint density at radius 3 is 3.00 bits per heavy atom. The Bertz CT molecular complexity index is 154. The molecule has 0 aromatic carbocycles. The first kappa shape index (κ1) is 8.26. The van der Waals surface area contributed by atoms with Gasteiger partial charge in [-0.3, -0.25) is 0 Å². The van der Waals surface area contributed by atoms with Gasteiger partial charge in [-0.25, -0.2) is 9.18 Å². The number of alkyl halides is 1. The fourth-order valence-electron chi connectivity index (χ4n) is 1.15. The Balaban J connectivity index is 2.51. The number of carboxylic acid groups (broad SMARTS) is 1. The van der Waals surface area contributed by atoms with Gasteiger partial charge in [0.2, 0.25) is 0 Å². The Hall–Kier alpha value is -0.840. The van der Waals surface area contributed by atoms with Gasteiger partial charge < -0.3 is 15.3 Å². The summed E-state index contributed by atoms with van der Waals surface area (Å²) < 4.78 is 12.1. The van der Waals surface area contributed by atoms with E-state index in [1.807, 2.05) is 0 Å². The molecular weight excluding hydrogens is 151 g/mol. The molecule has 4 nitrogen and oxygen atoms in total. The average Bonchev–Trinajstić information content (AvgIpc) is 2.04. The molecule has 1 aliphatic heterocycles. The van der Waals surface area contributed by atoms with E-state index in [0.29, 0.717) is 19.6 Å². The lowest BCUT2D eigenvalue weighted by atomic mass is 10.2. The van der Waals surface area contributed by atoms with Crippen LogP contribution in [0.1, 0.15) is 0 Å². The van der Waals surface area contributed by atoms with Crippen molar-refractivity contribution in [2.45, 2.75) is 6.04 Å². The van der Waals surface area contributed by atoms with Crippen LogP contribution >= 0.6 is 0 Å². The van der Waals surface area contributed by atoms with Gasteiger partial charge in [-0.1, -0.05) is 0 Å². The van der Waals surface area contributed by atoms with Gasteiger partial charge in [0.05, 0.1) is 6.04 Å². The molecule has 1 unspecified atom stereocenters. The molecule has 0 saturated carbocycles. The van der Waals surface area contributed by atoms with E-state index in [9.17, 15) is 9.18 Å². The SMILES string of the molecule is O=C(O)N1CCNCC1CF. The molecule has 1 amide bonds. The van der Waals surface area contributed by atoms with Gasteiger partial charge in [0.15, 0.2) is 0 Å². The van der Waals surface area contributed by atoms with Gasteiger partial charge >= 0.3 is 6.09 Å². The van der Waals surface area contributed by atoms with Gasteiger partial charge in [-0.05, 0) is 0 Å². The van der Waals surface area contributed by atoms with Crippen molar-refractivity contribution < 1.29 is 14.3 Å². The van der Waals surface area contributed by atoms with Crippen molar-refractivity contribution in [2.75, 3.05) is 26.3 Å². The number of nitrogens with one attached hydrogen (secondary N) is 1. The lowest BCUT2D eigenvalue weighted by Gasteiger charge is -2.31. The molecule has 0 aromatic rings. The summed E-state index contributed by atoms with van der Waals surface area (Å²) in [5, 5.41) is 11.5. The van der Waals surface area contributed by atoms with Gasteiger partial charge in [0, 0.05) is 19.6 Å². The molecule has 0 spiro atoms. The third-order valence-electron chi connectivity index (χ3n) is 1.77. The third-order valence-corrected chi connectivity index (χ3v) is 1.77. The summed E-state index contributed by atoms with van der Waals surface area (Å²) in [5.74, 6) is 0. The lowest BCUT2D eigenvalue weighted by Crippen LogP contribution is -2.54. The molecule has 0 radical (unpaired) electrons. The number of hydrogen-bond acceptors (Lipinski definition) is 2. The van der Waals surface area contributed by atoms with Crippen molar-refractivity contribution in [2.24, 2.45) is 0 Å². The van der Waals surface area contributed by atoms with Crippen molar-refractivity contribution in [3.63, 3.8) is 0 Å². The maximum Gasteiger partial charge on any atom is 0.407 e. The van der Waals surface area contributed by atoms with E-state index in [-0.39, 0.29) is 0 Å². The number of hydrogen-bond donors (Lipinski definition) is 2. The second kappa shape index (κ2) is 3.52. The largest absolute Gasteiger partial charge is 0.465 e. The molecule has 1 rings (SSSR count). The molecule has 1 fully saturated rings. The average molecular weight is 162 g/mol. The molecule has 5 heteroatoms. The van der Waals surface area contributed by atoms with Crippen molar-refractivity contribution in [3.8, 4) is 0 Å². The summed E-state index contributed by atoms with van der Waals surface area (Å²) in [7, 11) is 0. The van der Waals surface area contributed by atoms with Crippen molar-refractivity contribution in [1.29, 1.82) is 0 Å². The minimum absolute atomic E-state index is 0.379. The van der Waals surface area contributed by atoms with Crippen LogP contribution in [-0.2, 0) is 0 Å². The summed E-state index contributed by atoms with van der Waals surface area (Å²) in [6, 6.07) is -0.499. The standard InChI is InChI=1S/C6H11FN2O2/c7-3-5-4-8-1-2-9(5)6(10)11/h5,8H,1-4H2,(H,10,11). The van der Waals surface area contributed by atoms with Crippen LogP contribution in [0.25, 0.3) is 0 Å². The molecule has 0 bridgehead atoms. The molecule has 1 saturated heterocycles. The van der Waals surface area contributed by atoms with Crippen LogP contribution in [0.2, 0.25) is 0 Å². The van der Waals surface area contributed by atoms with Crippen LogP contribution in [0.5, 0.6) is 0 Å². The Morgan fingerprint density at radius 1 is 1.82 bits per heavy atom. The summed E-state index contributed by atoms with van der Waals surface area (Å²) in [5.41, 5.74) is 0. The maximum atomic E-state index is 12.1. The monoisotopic (exact) mass is 162 g/mol. The molecule has 1 aliphatic rings. The van der Waals surface area contributed by atoms with E-state index in [0.717, 1.165) is 4.90 Å². The summed E-state index contributed by atoms with van der Waals surface area (Å²) in [6.07, 6.45) is -1.03. The van der Waals surface area contributed by atoms with E-state index < -0.39 is 18.8 Å². The number of rotatable bonds is 1. The molecule has 1 atom stereocenters. The molecule has 11 heavy (non-hydrogen) atoms. The van der Waals surface area contributed by atoms with E-state index in [1.54, 1.807) is 0 Å². The molecule has 1 heterocycles. The summed E-state index contributed by atoms with van der Waals surface area (Å²) in [6.45, 7) is 0.800. The van der Waals surface area contributed by atoms with Gasteiger partial charge in [-0.15, -0.1) is 0 Å². The molecule has 64 valence electrons. The summed E-state index contributed by atoms with van der Waals surface area (Å²) in [4.78, 5) is 11.6. The number of piperazine rings is 1. The van der Waals surface area contributed by atoms with E-state index in [4.69, 9.17) is 5.11 Å². The smallest absolute Gasteiger partial charge is 0.407 e. The first-order valence-electron chi connectivity index (χ1n) is 3.52. The van der Waals surface area contributed by atoms with Crippen LogP contribution < -0.4 is 5.32 Å². The minimum atomic E-state index is -1.03. The quantitative estimate of drug-likeness (QED) is 0.566. The molecule has 2 N–H and O–H groups in total. The molecular formula is C6H11FN2O2. The zero-order chi connectivity index (χ0) is 8.27. The number of amides is 1. The second-order valence-electron chi connectivity index (χ2n) is 2.49. The van der Waals surface area contributed by atoms with Crippen LogP contribution in [-0.4, -0.2) is 48.5 Å². The van der Waals surface area contributed by atoms with Gasteiger partial charge in [0.25, 0.3) is 0 Å². The zero-order valence-corrected chi connectivity index (χ0v) is 6.09. The normalized spacial score (nSPS) is 25.2. The van der Waals surface area contributed by atoms with Crippen LogP contribution in [0, 0.1) is 0 Å². The zero-order valence-electron chi connectivity index (χ0n) is 6.09. The van der Waals surface area contributed by atoms with Crippen LogP contribution in [0.3, 0.4) is 0 Å².